The van der Waals surface area contributed by atoms with Crippen LogP contribution in [0.5, 0.6) is 0 Å². The summed E-state index contributed by atoms with van der Waals surface area (Å²) >= 11 is 1.43. The Hall–Kier alpha value is -2.87. The van der Waals surface area contributed by atoms with Crippen molar-refractivity contribution in [2.75, 3.05) is 5.32 Å². The van der Waals surface area contributed by atoms with Crippen molar-refractivity contribution in [2.45, 2.75) is 6.18 Å². The van der Waals surface area contributed by atoms with E-state index in [1.807, 2.05) is 25.4 Å². The van der Waals surface area contributed by atoms with E-state index in [0.717, 1.165) is 22.0 Å². The Bertz CT molecular complexity index is 1080. The van der Waals surface area contributed by atoms with E-state index in [1.165, 1.54) is 23.5 Å². The number of nitrogens with one attached hydrogen (secondary N) is 1. The lowest BCUT2D eigenvalue weighted by atomic mass is 10.1. The molecule has 0 unspecified atom stereocenters. The second-order valence-electron chi connectivity index (χ2n) is 5.76. The third-order valence-corrected chi connectivity index (χ3v) is 4.86. The number of thiophene rings is 1. The second kappa shape index (κ2) is 6.14. The fourth-order valence-corrected chi connectivity index (χ4v) is 3.53. The van der Waals surface area contributed by atoms with Crippen LogP contribution in [0, 0.1) is 0 Å². The molecule has 4 nitrogen and oxygen atoms in total. The van der Waals surface area contributed by atoms with Gasteiger partial charge in [-0.3, -0.25) is 4.68 Å². The van der Waals surface area contributed by atoms with Gasteiger partial charge >= 0.3 is 6.18 Å². The summed E-state index contributed by atoms with van der Waals surface area (Å²) in [4.78, 5) is 4.62. The average Bonchev–Trinajstić information content (AvgIpc) is 3.21. The summed E-state index contributed by atoms with van der Waals surface area (Å²) < 4.78 is 42.2. The zero-order valence-corrected chi connectivity index (χ0v) is 14.4. The molecule has 1 aromatic carbocycles. The minimum absolute atomic E-state index is 0.00767. The topological polar surface area (TPSA) is 42.7 Å². The Morgan fingerprint density at radius 3 is 2.62 bits per heavy atom. The highest BCUT2D eigenvalue weighted by atomic mass is 32.1. The molecule has 0 radical (unpaired) electrons. The van der Waals surface area contributed by atoms with Crippen LogP contribution in [0.15, 0.2) is 54.2 Å². The number of fused-ring (bicyclic) bond motifs is 1. The summed E-state index contributed by atoms with van der Waals surface area (Å²) in [5.41, 5.74) is 2.05. The molecule has 4 rings (SSSR count). The lowest BCUT2D eigenvalue weighted by Crippen LogP contribution is -2.08. The molecule has 0 aliphatic rings. The maximum atomic E-state index is 13.2. The number of alkyl halides is 3. The summed E-state index contributed by atoms with van der Waals surface area (Å²) in [5, 5.41) is 8.80. The van der Waals surface area contributed by atoms with Crippen LogP contribution in [0.3, 0.4) is 0 Å². The van der Waals surface area contributed by atoms with E-state index in [2.05, 4.69) is 15.4 Å². The lowest BCUT2D eigenvalue weighted by Gasteiger charge is -2.13. The highest BCUT2D eigenvalue weighted by Gasteiger charge is 2.33. The number of anilines is 2. The average molecular weight is 374 g/mol. The largest absolute Gasteiger partial charge is 0.418 e. The Morgan fingerprint density at radius 1 is 1.08 bits per heavy atom. The number of benzene rings is 1. The third kappa shape index (κ3) is 3.03. The zero-order valence-electron chi connectivity index (χ0n) is 13.6. The van der Waals surface area contributed by atoms with Crippen LogP contribution in [0.4, 0.5) is 24.5 Å². The summed E-state index contributed by atoms with van der Waals surface area (Å²) in [5.74, 6) is 0. The van der Waals surface area contributed by atoms with Gasteiger partial charge in [0.15, 0.2) is 0 Å². The van der Waals surface area contributed by atoms with Gasteiger partial charge in [0.1, 0.15) is 5.52 Å². The number of halogens is 3. The van der Waals surface area contributed by atoms with Gasteiger partial charge in [0.05, 0.1) is 33.5 Å². The lowest BCUT2D eigenvalue weighted by molar-refractivity contribution is -0.136. The molecule has 0 saturated carbocycles. The number of aryl methyl sites for hydroxylation is 1. The number of para-hydroxylation sites is 1. The molecular weight excluding hydrogens is 361 g/mol. The predicted octanol–water partition coefficient (Wildman–Crippen LogP) is 5.46. The molecule has 0 saturated heterocycles. The Morgan fingerprint density at radius 2 is 1.88 bits per heavy atom. The molecule has 0 aliphatic heterocycles. The van der Waals surface area contributed by atoms with Crippen molar-refractivity contribution >= 4 is 32.9 Å². The third-order valence-electron chi connectivity index (χ3n) is 3.92. The van der Waals surface area contributed by atoms with Crippen LogP contribution >= 0.6 is 11.3 Å². The number of pyridine rings is 1. The first-order valence-electron chi connectivity index (χ1n) is 7.72. The minimum atomic E-state index is -4.43. The second-order valence-corrected chi connectivity index (χ2v) is 6.67. The maximum Gasteiger partial charge on any atom is 0.418 e. The van der Waals surface area contributed by atoms with E-state index in [1.54, 1.807) is 22.3 Å². The highest BCUT2D eigenvalue weighted by molar-refractivity contribution is 7.17. The molecule has 1 N–H and O–H groups in total. The standard InChI is InChI=1S/C18H13F3N4S/c1-25-9-11(8-22-25)13-6-7-16-17(24-13)15(10-26-16)23-14-5-3-2-4-12(14)18(19,20)21/h2-10,23H,1H3. The van der Waals surface area contributed by atoms with E-state index in [-0.39, 0.29) is 5.69 Å². The smallest absolute Gasteiger partial charge is 0.353 e. The van der Waals surface area contributed by atoms with Gasteiger partial charge in [0.2, 0.25) is 0 Å². The Balaban J connectivity index is 1.76. The molecular formula is C18H13F3N4S. The molecule has 0 bridgehead atoms. The van der Waals surface area contributed by atoms with Gasteiger partial charge in [-0.15, -0.1) is 11.3 Å². The molecule has 0 aliphatic carbocycles. The molecule has 0 fully saturated rings. The van der Waals surface area contributed by atoms with Gasteiger partial charge in [-0.2, -0.15) is 18.3 Å². The summed E-state index contributed by atoms with van der Waals surface area (Å²) in [6.45, 7) is 0. The number of hydrogen-bond acceptors (Lipinski definition) is 4. The van der Waals surface area contributed by atoms with E-state index >= 15 is 0 Å². The monoisotopic (exact) mass is 374 g/mol. The quantitative estimate of drug-likeness (QED) is 0.518. The molecule has 0 amide bonds. The van der Waals surface area contributed by atoms with Crippen molar-refractivity contribution < 1.29 is 13.2 Å². The van der Waals surface area contributed by atoms with Gasteiger partial charge < -0.3 is 5.32 Å². The van der Waals surface area contributed by atoms with E-state index < -0.39 is 11.7 Å². The molecule has 8 heteroatoms. The first kappa shape index (κ1) is 16.6. The van der Waals surface area contributed by atoms with Gasteiger partial charge in [0, 0.05) is 24.2 Å². The maximum absolute atomic E-state index is 13.2. The van der Waals surface area contributed by atoms with Crippen LogP contribution in [0.25, 0.3) is 21.5 Å². The van der Waals surface area contributed by atoms with Crippen molar-refractivity contribution in [1.29, 1.82) is 0 Å². The van der Waals surface area contributed by atoms with Crippen molar-refractivity contribution in [3.05, 3.63) is 59.7 Å². The number of rotatable bonds is 3. The minimum Gasteiger partial charge on any atom is -0.353 e. The number of hydrogen-bond donors (Lipinski definition) is 1. The van der Waals surface area contributed by atoms with Gasteiger partial charge in [-0.05, 0) is 24.3 Å². The fourth-order valence-electron chi connectivity index (χ4n) is 2.70. The van der Waals surface area contributed by atoms with Crippen LogP contribution in [0.2, 0.25) is 0 Å². The molecule has 4 aromatic rings. The molecule has 0 atom stereocenters. The van der Waals surface area contributed by atoms with Crippen molar-refractivity contribution in [3.8, 4) is 11.3 Å². The van der Waals surface area contributed by atoms with Crippen molar-refractivity contribution in [1.82, 2.24) is 14.8 Å². The highest BCUT2D eigenvalue weighted by Crippen LogP contribution is 2.38. The summed E-state index contributed by atoms with van der Waals surface area (Å²) in [6.07, 6.45) is -0.886. The SMILES string of the molecule is Cn1cc(-c2ccc3scc(Nc4ccccc4C(F)(F)F)c3n2)cn1. The van der Waals surface area contributed by atoms with E-state index in [9.17, 15) is 13.2 Å². The number of aromatic nitrogens is 3. The normalized spacial score (nSPS) is 11.8. The van der Waals surface area contributed by atoms with Gasteiger partial charge in [0.25, 0.3) is 0 Å². The molecule has 132 valence electrons. The zero-order chi connectivity index (χ0) is 18.3. The predicted molar refractivity (Wildman–Crippen MR) is 96.5 cm³/mol. The molecule has 0 spiro atoms. The molecule has 3 heterocycles. The van der Waals surface area contributed by atoms with Crippen LogP contribution in [0.1, 0.15) is 5.56 Å². The summed E-state index contributed by atoms with van der Waals surface area (Å²) in [7, 11) is 1.81. The first-order chi connectivity index (χ1) is 12.4. The van der Waals surface area contributed by atoms with Crippen LogP contribution in [-0.2, 0) is 13.2 Å². The Kier molecular flexibility index (Phi) is 3.91. The first-order valence-corrected chi connectivity index (χ1v) is 8.60. The molecule has 26 heavy (non-hydrogen) atoms. The van der Waals surface area contributed by atoms with E-state index in [4.69, 9.17) is 0 Å². The van der Waals surface area contributed by atoms with Crippen LogP contribution in [-0.4, -0.2) is 14.8 Å². The van der Waals surface area contributed by atoms with Gasteiger partial charge in [-0.25, -0.2) is 4.98 Å². The Labute approximate surface area is 150 Å². The van der Waals surface area contributed by atoms with E-state index in [0.29, 0.717) is 11.2 Å². The van der Waals surface area contributed by atoms with Crippen LogP contribution < -0.4 is 5.32 Å². The van der Waals surface area contributed by atoms with Gasteiger partial charge in [-0.1, -0.05) is 12.1 Å². The molecule has 3 aromatic heterocycles. The fraction of sp³-hybridized carbons (Fsp3) is 0.111. The van der Waals surface area contributed by atoms with Crippen molar-refractivity contribution in [2.24, 2.45) is 7.05 Å². The number of nitrogens with zero attached hydrogens (tertiary/aromatic N) is 3. The van der Waals surface area contributed by atoms with Crippen molar-refractivity contribution in [3.63, 3.8) is 0 Å². The summed E-state index contributed by atoms with van der Waals surface area (Å²) in [6, 6.07) is 9.21.